The molecule has 1 heterocycles. The number of hydrogen-bond acceptors (Lipinski definition) is 3. The molecule has 0 aliphatic rings. The summed E-state index contributed by atoms with van der Waals surface area (Å²) in [6.07, 6.45) is 0. The van der Waals surface area contributed by atoms with E-state index < -0.39 is 0 Å². The Morgan fingerprint density at radius 3 is 2.73 bits per heavy atom. The van der Waals surface area contributed by atoms with E-state index in [1.54, 1.807) is 11.3 Å². The lowest BCUT2D eigenvalue weighted by Gasteiger charge is -2.18. The van der Waals surface area contributed by atoms with Gasteiger partial charge in [-0.3, -0.25) is 4.79 Å². The van der Waals surface area contributed by atoms with Crippen molar-refractivity contribution in [3.8, 4) is 0 Å². The molecular formula is C11H18N2OS. The molecule has 4 heteroatoms. The van der Waals surface area contributed by atoms with Crippen LogP contribution < -0.4 is 5.32 Å². The molecule has 84 valence electrons. The average Bonchev–Trinajstić information content (AvgIpc) is 2.72. The Labute approximate surface area is 95.1 Å². The fraction of sp³-hybridized carbons (Fsp3) is 0.545. The standard InChI is InChI=1S/C11H18N2OS/c1-3-13(4-2)11(14)9-12-8-10-6-5-7-15-10/h5-7,12H,3-4,8-9H2,1-2H3. The van der Waals surface area contributed by atoms with Crippen LogP contribution in [0.1, 0.15) is 18.7 Å². The number of amides is 1. The number of hydrogen-bond donors (Lipinski definition) is 1. The topological polar surface area (TPSA) is 32.3 Å². The second kappa shape index (κ2) is 6.58. The van der Waals surface area contributed by atoms with Crippen LogP contribution in [0.3, 0.4) is 0 Å². The van der Waals surface area contributed by atoms with Gasteiger partial charge in [0.2, 0.25) is 5.91 Å². The molecule has 0 unspecified atom stereocenters. The predicted molar refractivity (Wildman–Crippen MR) is 64.0 cm³/mol. The van der Waals surface area contributed by atoms with Crippen molar-refractivity contribution in [3.63, 3.8) is 0 Å². The van der Waals surface area contributed by atoms with Crippen LogP contribution in [-0.4, -0.2) is 30.4 Å². The first kappa shape index (κ1) is 12.2. The van der Waals surface area contributed by atoms with Gasteiger partial charge in [-0.2, -0.15) is 0 Å². The van der Waals surface area contributed by atoms with E-state index in [0.29, 0.717) is 6.54 Å². The summed E-state index contributed by atoms with van der Waals surface area (Å²) in [7, 11) is 0. The van der Waals surface area contributed by atoms with Gasteiger partial charge in [0.05, 0.1) is 6.54 Å². The molecule has 1 aromatic heterocycles. The average molecular weight is 226 g/mol. The van der Waals surface area contributed by atoms with E-state index in [0.717, 1.165) is 19.6 Å². The van der Waals surface area contributed by atoms with Gasteiger partial charge < -0.3 is 10.2 Å². The predicted octanol–water partition coefficient (Wildman–Crippen LogP) is 1.71. The Bertz CT molecular complexity index is 281. The molecule has 1 N–H and O–H groups in total. The van der Waals surface area contributed by atoms with Crippen LogP contribution in [0, 0.1) is 0 Å². The molecule has 0 radical (unpaired) electrons. The van der Waals surface area contributed by atoms with Gasteiger partial charge in [0.1, 0.15) is 0 Å². The van der Waals surface area contributed by atoms with E-state index in [2.05, 4.69) is 11.4 Å². The van der Waals surface area contributed by atoms with Crippen molar-refractivity contribution < 1.29 is 4.79 Å². The number of thiophene rings is 1. The molecule has 0 saturated heterocycles. The fourth-order valence-electron chi connectivity index (χ4n) is 1.39. The Balaban J connectivity index is 2.22. The number of rotatable bonds is 6. The van der Waals surface area contributed by atoms with Crippen LogP contribution in [-0.2, 0) is 11.3 Å². The van der Waals surface area contributed by atoms with Crippen LogP contribution in [0.5, 0.6) is 0 Å². The van der Waals surface area contributed by atoms with Crippen LogP contribution in [0.15, 0.2) is 17.5 Å². The third-order valence-corrected chi connectivity index (χ3v) is 3.15. The highest BCUT2D eigenvalue weighted by Crippen LogP contribution is 2.06. The van der Waals surface area contributed by atoms with Crippen molar-refractivity contribution in [1.82, 2.24) is 10.2 Å². The smallest absolute Gasteiger partial charge is 0.236 e. The summed E-state index contributed by atoms with van der Waals surface area (Å²) >= 11 is 1.71. The molecule has 0 bridgehead atoms. The first-order valence-corrected chi connectivity index (χ1v) is 6.16. The summed E-state index contributed by atoms with van der Waals surface area (Å²) in [4.78, 5) is 14.7. The van der Waals surface area contributed by atoms with Crippen LogP contribution >= 0.6 is 11.3 Å². The molecule has 15 heavy (non-hydrogen) atoms. The second-order valence-corrected chi connectivity index (χ2v) is 4.28. The van der Waals surface area contributed by atoms with Crippen molar-refractivity contribution in [1.29, 1.82) is 0 Å². The third kappa shape index (κ3) is 4.01. The zero-order valence-corrected chi connectivity index (χ0v) is 10.1. The lowest BCUT2D eigenvalue weighted by molar-refractivity contribution is -0.129. The van der Waals surface area contributed by atoms with Crippen molar-refractivity contribution >= 4 is 17.2 Å². The molecule has 3 nitrogen and oxygen atoms in total. The van der Waals surface area contributed by atoms with Gasteiger partial charge in [-0.1, -0.05) is 6.07 Å². The van der Waals surface area contributed by atoms with Gasteiger partial charge in [-0.15, -0.1) is 11.3 Å². The van der Waals surface area contributed by atoms with Crippen molar-refractivity contribution in [2.45, 2.75) is 20.4 Å². The fourth-order valence-corrected chi connectivity index (χ4v) is 2.07. The van der Waals surface area contributed by atoms with Gasteiger partial charge in [0.25, 0.3) is 0 Å². The molecular weight excluding hydrogens is 208 g/mol. The van der Waals surface area contributed by atoms with E-state index in [4.69, 9.17) is 0 Å². The SMILES string of the molecule is CCN(CC)C(=O)CNCc1cccs1. The van der Waals surface area contributed by atoms with E-state index >= 15 is 0 Å². The first-order valence-electron chi connectivity index (χ1n) is 5.28. The molecule has 0 fully saturated rings. The van der Waals surface area contributed by atoms with Crippen molar-refractivity contribution in [2.75, 3.05) is 19.6 Å². The van der Waals surface area contributed by atoms with Gasteiger partial charge >= 0.3 is 0 Å². The second-order valence-electron chi connectivity index (χ2n) is 3.25. The molecule has 0 spiro atoms. The highest BCUT2D eigenvalue weighted by Gasteiger charge is 2.07. The van der Waals surface area contributed by atoms with Gasteiger partial charge in [-0.25, -0.2) is 0 Å². The molecule has 1 amide bonds. The summed E-state index contributed by atoms with van der Waals surface area (Å²) < 4.78 is 0. The largest absolute Gasteiger partial charge is 0.342 e. The summed E-state index contributed by atoms with van der Waals surface area (Å²) in [6, 6.07) is 4.09. The zero-order valence-electron chi connectivity index (χ0n) is 9.32. The quantitative estimate of drug-likeness (QED) is 0.801. The van der Waals surface area contributed by atoms with Crippen molar-refractivity contribution in [2.24, 2.45) is 0 Å². The number of likely N-dealkylation sites (N-methyl/N-ethyl adjacent to an activating group) is 1. The maximum absolute atomic E-state index is 11.6. The highest BCUT2D eigenvalue weighted by atomic mass is 32.1. The minimum absolute atomic E-state index is 0.177. The van der Waals surface area contributed by atoms with Gasteiger partial charge in [-0.05, 0) is 25.3 Å². The molecule has 0 aromatic carbocycles. The minimum atomic E-state index is 0.177. The third-order valence-electron chi connectivity index (χ3n) is 2.27. The summed E-state index contributed by atoms with van der Waals surface area (Å²) in [5.41, 5.74) is 0. The monoisotopic (exact) mass is 226 g/mol. The number of nitrogens with zero attached hydrogens (tertiary/aromatic N) is 1. The summed E-state index contributed by atoms with van der Waals surface area (Å²) in [6.45, 7) is 6.79. The molecule has 0 aliphatic carbocycles. The van der Waals surface area contributed by atoms with E-state index in [9.17, 15) is 4.79 Å². The minimum Gasteiger partial charge on any atom is -0.342 e. The Morgan fingerprint density at radius 2 is 2.20 bits per heavy atom. The Hall–Kier alpha value is -0.870. The maximum Gasteiger partial charge on any atom is 0.236 e. The van der Waals surface area contributed by atoms with Crippen LogP contribution in [0.2, 0.25) is 0 Å². The number of nitrogens with one attached hydrogen (secondary N) is 1. The first-order chi connectivity index (χ1) is 7.27. The normalized spacial score (nSPS) is 10.3. The summed E-state index contributed by atoms with van der Waals surface area (Å²) in [5, 5.41) is 5.20. The highest BCUT2D eigenvalue weighted by molar-refractivity contribution is 7.09. The van der Waals surface area contributed by atoms with Gasteiger partial charge in [0, 0.05) is 24.5 Å². The number of carbonyl (C=O) groups is 1. The summed E-state index contributed by atoms with van der Waals surface area (Å²) in [5.74, 6) is 0.177. The maximum atomic E-state index is 11.6. The lowest BCUT2D eigenvalue weighted by Crippen LogP contribution is -2.37. The van der Waals surface area contributed by atoms with Gasteiger partial charge in [0.15, 0.2) is 0 Å². The molecule has 0 aliphatic heterocycles. The van der Waals surface area contributed by atoms with E-state index in [1.165, 1.54) is 4.88 Å². The molecule has 0 atom stereocenters. The Morgan fingerprint density at radius 1 is 1.47 bits per heavy atom. The zero-order chi connectivity index (χ0) is 11.1. The molecule has 1 aromatic rings. The molecule has 1 rings (SSSR count). The number of carbonyl (C=O) groups excluding carboxylic acids is 1. The molecule has 0 saturated carbocycles. The van der Waals surface area contributed by atoms with Crippen molar-refractivity contribution in [3.05, 3.63) is 22.4 Å². The van der Waals surface area contributed by atoms with Crippen LogP contribution in [0.4, 0.5) is 0 Å². The van der Waals surface area contributed by atoms with E-state index in [-0.39, 0.29) is 5.91 Å². The Kier molecular flexibility index (Phi) is 5.36. The van der Waals surface area contributed by atoms with Crippen LogP contribution in [0.25, 0.3) is 0 Å². The van der Waals surface area contributed by atoms with E-state index in [1.807, 2.05) is 30.2 Å². The lowest BCUT2D eigenvalue weighted by atomic mass is 10.4.